The molecule has 0 N–H and O–H groups in total. The van der Waals surface area contributed by atoms with E-state index in [0.29, 0.717) is 29.7 Å². The molecule has 0 spiro atoms. The molecule has 0 unspecified atom stereocenters. The molecule has 24 heavy (non-hydrogen) atoms. The van der Waals surface area contributed by atoms with Crippen molar-refractivity contribution >= 4 is 23.2 Å². The van der Waals surface area contributed by atoms with E-state index >= 15 is 0 Å². The van der Waals surface area contributed by atoms with Gasteiger partial charge in [0, 0.05) is 51.3 Å². The number of nitrogens with zero attached hydrogens (tertiary/aromatic N) is 3. The number of halogens is 1. The van der Waals surface area contributed by atoms with E-state index in [4.69, 9.17) is 16.1 Å². The van der Waals surface area contributed by atoms with Crippen LogP contribution in [0.4, 0.5) is 5.69 Å². The number of aryl methyl sites for hydroxylation is 1. The average molecular weight is 348 g/mol. The van der Waals surface area contributed by atoms with E-state index in [1.165, 1.54) is 5.69 Å². The Morgan fingerprint density at radius 1 is 1.42 bits per heavy atom. The lowest BCUT2D eigenvalue weighted by molar-refractivity contribution is -0.130. The largest absolute Gasteiger partial charge is 0.371 e. The van der Waals surface area contributed by atoms with Crippen LogP contribution in [0.1, 0.15) is 18.6 Å². The van der Waals surface area contributed by atoms with Crippen LogP contribution in [-0.2, 0) is 11.2 Å². The predicted molar refractivity (Wildman–Crippen MR) is 94.2 cm³/mol. The van der Waals surface area contributed by atoms with E-state index in [1.807, 2.05) is 18.0 Å². The van der Waals surface area contributed by atoms with Gasteiger partial charge in [-0.1, -0.05) is 35.0 Å². The van der Waals surface area contributed by atoms with Crippen molar-refractivity contribution in [3.63, 3.8) is 0 Å². The molecule has 1 aromatic carbocycles. The smallest absolute Gasteiger partial charge is 0.222 e. The molecule has 1 fully saturated rings. The van der Waals surface area contributed by atoms with Crippen molar-refractivity contribution in [3.05, 3.63) is 47.3 Å². The molecule has 6 heteroatoms. The van der Waals surface area contributed by atoms with Gasteiger partial charge in [-0.05, 0) is 24.5 Å². The topological polar surface area (TPSA) is 49.6 Å². The number of carbonyl (C=O) groups excluding carboxylic acids is 1. The first-order valence-electron chi connectivity index (χ1n) is 8.27. The first-order valence-corrected chi connectivity index (χ1v) is 8.64. The zero-order valence-corrected chi connectivity index (χ0v) is 14.6. The van der Waals surface area contributed by atoms with Crippen molar-refractivity contribution in [2.24, 2.45) is 5.92 Å². The van der Waals surface area contributed by atoms with Gasteiger partial charge in [-0.2, -0.15) is 0 Å². The minimum Gasteiger partial charge on any atom is -0.371 e. The quantitative estimate of drug-likeness (QED) is 0.805. The van der Waals surface area contributed by atoms with Gasteiger partial charge in [-0.25, -0.2) is 0 Å². The Labute approximate surface area is 147 Å². The molecular weight excluding hydrogens is 326 g/mol. The molecule has 1 aromatic heterocycles. The van der Waals surface area contributed by atoms with E-state index in [-0.39, 0.29) is 5.91 Å². The molecule has 0 saturated carbocycles. The van der Waals surface area contributed by atoms with Gasteiger partial charge in [0.15, 0.2) is 5.15 Å². The summed E-state index contributed by atoms with van der Waals surface area (Å²) in [6, 6.07) is 12.1. The summed E-state index contributed by atoms with van der Waals surface area (Å²) in [6.07, 6.45) is 2.06. The van der Waals surface area contributed by atoms with Crippen LogP contribution < -0.4 is 4.90 Å². The second-order valence-electron chi connectivity index (χ2n) is 6.33. The normalized spacial score (nSPS) is 17.2. The molecule has 1 atom stereocenters. The lowest BCUT2D eigenvalue weighted by Crippen LogP contribution is -2.33. The summed E-state index contributed by atoms with van der Waals surface area (Å²) in [4.78, 5) is 16.5. The first-order chi connectivity index (χ1) is 11.6. The fourth-order valence-corrected chi connectivity index (χ4v) is 3.33. The maximum atomic E-state index is 12.3. The van der Waals surface area contributed by atoms with E-state index in [9.17, 15) is 4.79 Å². The Hall–Kier alpha value is -2.01. The monoisotopic (exact) mass is 347 g/mol. The number of para-hydroxylation sites is 1. The fraction of sp³-hybridized carbons (Fsp3) is 0.444. The van der Waals surface area contributed by atoms with Crippen LogP contribution in [0.25, 0.3) is 0 Å². The van der Waals surface area contributed by atoms with Crippen LogP contribution in [0.15, 0.2) is 40.9 Å². The van der Waals surface area contributed by atoms with Gasteiger partial charge in [-0.3, -0.25) is 4.79 Å². The van der Waals surface area contributed by atoms with Crippen molar-refractivity contribution < 1.29 is 9.32 Å². The molecule has 1 saturated heterocycles. The Morgan fingerprint density at radius 3 is 2.92 bits per heavy atom. The van der Waals surface area contributed by atoms with Gasteiger partial charge in [0.2, 0.25) is 5.91 Å². The van der Waals surface area contributed by atoms with Crippen molar-refractivity contribution in [1.82, 2.24) is 10.1 Å². The van der Waals surface area contributed by atoms with Gasteiger partial charge in [0.05, 0.1) is 0 Å². The predicted octanol–water partition coefficient (Wildman–Crippen LogP) is 3.25. The van der Waals surface area contributed by atoms with Crippen LogP contribution in [-0.4, -0.2) is 42.6 Å². The lowest BCUT2D eigenvalue weighted by Gasteiger charge is -2.22. The van der Waals surface area contributed by atoms with Gasteiger partial charge >= 0.3 is 0 Å². The van der Waals surface area contributed by atoms with Gasteiger partial charge in [0.1, 0.15) is 5.76 Å². The van der Waals surface area contributed by atoms with Crippen LogP contribution in [0.2, 0.25) is 5.15 Å². The first kappa shape index (κ1) is 16.8. The third kappa shape index (κ3) is 4.29. The van der Waals surface area contributed by atoms with Gasteiger partial charge in [0.25, 0.3) is 0 Å². The second-order valence-corrected chi connectivity index (χ2v) is 6.71. The SMILES string of the molecule is CN(C[C@@H]1CCN(c2ccccc2)C1)C(=O)CCc1cc(Cl)no1. The van der Waals surface area contributed by atoms with E-state index in [1.54, 1.807) is 6.07 Å². The molecule has 5 nitrogen and oxygen atoms in total. The molecule has 0 radical (unpaired) electrons. The molecule has 1 aliphatic rings. The maximum Gasteiger partial charge on any atom is 0.222 e. The number of aromatic nitrogens is 1. The minimum atomic E-state index is 0.126. The number of hydrogen-bond acceptors (Lipinski definition) is 4. The highest BCUT2D eigenvalue weighted by Crippen LogP contribution is 2.24. The van der Waals surface area contributed by atoms with Gasteiger partial charge in [-0.15, -0.1) is 0 Å². The molecule has 0 bridgehead atoms. The summed E-state index contributed by atoms with van der Waals surface area (Å²) in [6.45, 7) is 2.84. The summed E-state index contributed by atoms with van der Waals surface area (Å²) in [5.74, 6) is 1.29. The highest BCUT2D eigenvalue weighted by atomic mass is 35.5. The van der Waals surface area contributed by atoms with Crippen LogP contribution >= 0.6 is 11.6 Å². The Morgan fingerprint density at radius 2 is 2.21 bits per heavy atom. The third-order valence-corrected chi connectivity index (χ3v) is 4.66. The zero-order valence-electron chi connectivity index (χ0n) is 13.8. The second kappa shape index (κ2) is 7.71. The summed E-state index contributed by atoms with van der Waals surface area (Å²) in [5, 5.41) is 3.95. The molecule has 2 aromatic rings. The van der Waals surface area contributed by atoms with Gasteiger partial charge < -0.3 is 14.3 Å². The summed E-state index contributed by atoms with van der Waals surface area (Å²) < 4.78 is 5.03. The molecular formula is C18H22ClN3O2. The number of benzene rings is 1. The summed E-state index contributed by atoms with van der Waals surface area (Å²) in [7, 11) is 1.88. The molecule has 3 rings (SSSR count). The Bertz CT molecular complexity index is 674. The van der Waals surface area contributed by atoms with Crippen LogP contribution in [0.5, 0.6) is 0 Å². The third-order valence-electron chi connectivity index (χ3n) is 4.48. The van der Waals surface area contributed by atoms with E-state index < -0.39 is 0 Å². The standard InChI is InChI=1S/C18H22ClN3O2/c1-21(18(23)8-7-16-11-17(19)20-24-16)12-14-9-10-22(13-14)15-5-3-2-4-6-15/h2-6,11,14H,7-10,12-13H2,1H3/t14-/m0/s1. The highest BCUT2D eigenvalue weighted by Gasteiger charge is 2.25. The highest BCUT2D eigenvalue weighted by molar-refractivity contribution is 6.29. The minimum absolute atomic E-state index is 0.126. The Kier molecular flexibility index (Phi) is 5.41. The Balaban J connectivity index is 1.44. The van der Waals surface area contributed by atoms with Crippen LogP contribution in [0.3, 0.4) is 0 Å². The summed E-state index contributed by atoms with van der Waals surface area (Å²) >= 11 is 5.71. The number of rotatable bonds is 6. The number of anilines is 1. The number of hydrogen-bond donors (Lipinski definition) is 0. The zero-order chi connectivity index (χ0) is 16.9. The molecule has 128 valence electrons. The van der Waals surface area contributed by atoms with Crippen molar-refractivity contribution in [1.29, 1.82) is 0 Å². The number of amides is 1. The molecule has 1 amide bonds. The van der Waals surface area contributed by atoms with E-state index in [2.05, 4.69) is 34.3 Å². The fourth-order valence-electron chi connectivity index (χ4n) is 3.17. The average Bonchev–Trinajstić information content (AvgIpc) is 3.22. The molecule has 1 aliphatic heterocycles. The van der Waals surface area contributed by atoms with Crippen molar-refractivity contribution in [2.75, 3.05) is 31.6 Å². The van der Waals surface area contributed by atoms with Crippen molar-refractivity contribution in [2.45, 2.75) is 19.3 Å². The van der Waals surface area contributed by atoms with E-state index in [0.717, 1.165) is 26.1 Å². The van der Waals surface area contributed by atoms with Crippen LogP contribution in [0, 0.1) is 5.92 Å². The molecule has 0 aliphatic carbocycles. The lowest BCUT2D eigenvalue weighted by atomic mass is 10.1. The number of carbonyl (C=O) groups is 1. The van der Waals surface area contributed by atoms with Crippen molar-refractivity contribution in [3.8, 4) is 0 Å². The maximum absolute atomic E-state index is 12.3. The summed E-state index contributed by atoms with van der Waals surface area (Å²) in [5.41, 5.74) is 1.26. The molecule has 2 heterocycles.